The first-order valence-corrected chi connectivity index (χ1v) is 4.87. The Kier molecular flexibility index (Phi) is 1.61. The lowest BCUT2D eigenvalue weighted by Gasteiger charge is -2.70. The zero-order valence-corrected chi connectivity index (χ0v) is 8.31. The van der Waals surface area contributed by atoms with Crippen molar-refractivity contribution < 1.29 is 18.7 Å². The Morgan fingerprint density at radius 2 is 1.79 bits per heavy atom. The number of carboxylic acids is 1. The molecule has 0 heterocycles. The zero-order chi connectivity index (χ0) is 10.8. The van der Waals surface area contributed by atoms with Gasteiger partial charge in [0.05, 0.1) is 5.41 Å². The van der Waals surface area contributed by atoms with E-state index in [-0.39, 0.29) is 19.3 Å². The Balaban J connectivity index is 2.11. The van der Waals surface area contributed by atoms with Crippen molar-refractivity contribution in [3.8, 4) is 0 Å². The van der Waals surface area contributed by atoms with E-state index in [1.54, 1.807) is 0 Å². The van der Waals surface area contributed by atoms with Gasteiger partial charge in [-0.25, -0.2) is 8.78 Å². The van der Waals surface area contributed by atoms with E-state index in [1.165, 1.54) is 13.8 Å². The van der Waals surface area contributed by atoms with Crippen LogP contribution >= 0.6 is 0 Å². The number of halogens is 2. The Labute approximate surface area is 81.3 Å². The number of hydrogen-bond donors (Lipinski definition) is 1. The summed E-state index contributed by atoms with van der Waals surface area (Å²) in [6, 6.07) is 0. The number of rotatable bonds is 3. The summed E-state index contributed by atoms with van der Waals surface area (Å²) >= 11 is 0. The number of carbonyl (C=O) groups is 1. The Hall–Kier alpha value is -0.670. The van der Waals surface area contributed by atoms with Gasteiger partial charge in [0.1, 0.15) is 0 Å². The van der Waals surface area contributed by atoms with Crippen molar-refractivity contribution in [2.45, 2.75) is 39.0 Å². The van der Waals surface area contributed by atoms with E-state index in [2.05, 4.69) is 0 Å². The van der Waals surface area contributed by atoms with Crippen molar-refractivity contribution in [2.24, 2.45) is 16.7 Å². The summed E-state index contributed by atoms with van der Waals surface area (Å²) in [5.74, 6) is -4.31. The molecule has 0 amide bonds. The lowest BCUT2D eigenvalue weighted by molar-refractivity contribution is -0.321. The summed E-state index contributed by atoms with van der Waals surface area (Å²) in [6.45, 7) is 2.99. The summed E-state index contributed by atoms with van der Waals surface area (Å²) in [7, 11) is 0. The summed E-state index contributed by atoms with van der Waals surface area (Å²) < 4.78 is 27.3. The van der Waals surface area contributed by atoms with Crippen LogP contribution in [0.3, 0.4) is 0 Å². The zero-order valence-electron chi connectivity index (χ0n) is 8.31. The third-order valence-corrected chi connectivity index (χ3v) is 3.92. The lowest BCUT2D eigenvalue weighted by atomic mass is 9.32. The van der Waals surface area contributed by atoms with Gasteiger partial charge in [0.25, 0.3) is 5.92 Å². The van der Waals surface area contributed by atoms with Gasteiger partial charge in [-0.3, -0.25) is 4.79 Å². The summed E-state index contributed by atoms with van der Waals surface area (Å²) in [4.78, 5) is 10.7. The van der Waals surface area contributed by atoms with Crippen LogP contribution in [0, 0.1) is 16.7 Å². The molecule has 0 aromatic rings. The summed E-state index contributed by atoms with van der Waals surface area (Å²) in [5, 5.41) is 8.80. The molecule has 2 nitrogen and oxygen atoms in total. The quantitative estimate of drug-likeness (QED) is 0.767. The molecular formula is C10H14F2O2. The minimum Gasteiger partial charge on any atom is -0.481 e. The second kappa shape index (κ2) is 2.28. The summed E-state index contributed by atoms with van der Waals surface area (Å²) in [6.07, 6.45) is 0.502. The average molecular weight is 204 g/mol. The number of carboxylic acid groups (broad SMARTS) is 1. The van der Waals surface area contributed by atoms with Crippen molar-refractivity contribution in [1.82, 2.24) is 0 Å². The maximum absolute atomic E-state index is 13.7. The molecule has 0 aliphatic heterocycles. The molecule has 0 atom stereocenters. The highest BCUT2D eigenvalue weighted by molar-refractivity contribution is 5.79. The molecule has 4 heteroatoms. The minimum absolute atomic E-state index is 0.167. The molecule has 0 spiro atoms. The van der Waals surface area contributed by atoms with E-state index in [0.29, 0.717) is 0 Å². The number of alkyl halides is 2. The van der Waals surface area contributed by atoms with E-state index in [0.717, 1.165) is 0 Å². The van der Waals surface area contributed by atoms with Gasteiger partial charge in [0.2, 0.25) is 0 Å². The van der Waals surface area contributed by atoms with E-state index in [4.69, 9.17) is 5.11 Å². The second-order valence-corrected chi connectivity index (χ2v) is 5.17. The minimum atomic E-state index is -2.70. The Morgan fingerprint density at radius 1 is 1.36 bits per heavy atom. The first-order valence-electron chi connectivity index (χ1n) is 4.87. The molecule has 3 saturated carbocycles. The monoisotopic (exact) mass is 204 g/mol. The van der Waals surface area contributed by atoms with Crippen molar-refractivity contribution >= 4 is 5.97 Å². The van der Waals surface area contributed by atoms with Crippen molar-refractivity contribution in [1.29, 1.82) is 0 Å². The van der Waals surface area contributed by atoms with Crippen LogP contribution in [0.25, 0.3) is 0 Å². The Bertz CT molecular complexity index is 277. The molecule has 0 radical (unpaired) electrons. The molecule has 3 aliphatic carbocycles. The first-order chi connectivity index (χ1) is 6.26. The SMILES string of the molecule is CC(C)C(F)(F)C12CC(C(=O)O)(C1)C2. The molecule has 3 fully saturated rings. The van der Waals surface area contributed by atoms with Crippen LogP contribution in [-0.2, 0) is 4.79 Å². The third-order valence-electron chi connectivity index (χ3n) is 3.92. The maximum Gasteiger partial charge on any atom is 0.309 e. The molecule has 0 saturated heterocycles. The van der Waals surface area contributed by atoms with E-state index >= 15 is 0 Å². The van der Waals surface area contributed by atoms with Crippen molar-refractivity contribution in [3.63, 3.8) is 0 Å². The van der Waals surface area contributed by atoms with Crippen LogP contribution in [-0.4, -0.2) is 17.0 Å². The first kappa shape index (κ1) is 9.87. The lowest BCUT2D eigenvalue weighted by Crippen LogP contribution is -2.72. The molecular weight excluding hydrogens is 190 g/mol. The van der Waals surface area contributed by atoms with Crippen LogP contribution in [0.4, 0.5) is 8.78 Å². The predicted molar refractivity (Wildman–Crippen MR) is 46.1 cm³/mol. The van der Waals surface area contributed by atoms with Crippen LogP contribution < -0.4 is 0 Å². The van der Waals surface area contributed by atoms with Crippen molar-refractivity contribution in [3.05, 3.63) is 0 Å². The molecule has 0 aromatic heterocycles. The molecule has 80 valence electrons. The molecule has 1 N–H and O–H groups in total. The van der Waals surface area contributed by atoms with Crippen LogP contribution in [0.1, 0.15) is 33.1 Å². The van der Waals surface area contributed by atoms with Gasteiger partial charge in [0.15, 0.2) is 0 Å². The fraction of sp³-hybridized carbons (Fsp3) is 0.900. The van der Waals surface area contributed by atoms with Crippen LogP contribution in [0.5, 0.6) is 0 Å². The van der Waals surface area contributed by atoms with Gasteiger partial charge in [-0.15, -0.1) is 0 Å². The van der Waals surface area contributed by atoms with Crippen LogP contribution in [0.2, 0.25) is 0 Å². The smallest absolute Gasteiger partial charge is 0.309 e. The molecule has 3 rings (SSSR count). The Morgan fingerprint density at radius 3 is 2.07 bits per heavy atom. The highest BCUT2D eigenvalue weighted by Gasteiger charge is 2.80. The fourth-order valence-electron chi connectivity index (χ4n) is 2.98. The van der Waals surface area contributed by atoms with Gasteiger partial charge >= 0.3 is 5.97 Å². The normalized spacial score (nSPS) is 40.4. The maximum atomic E-state index is 13.7. The predicted octanol–water partition coefficient (Wildman–Crippen LogP) is 2.53. The molecule has 3 aliphatic rings. The van der Waals surface area contributed by atoms with Crippen LogP contribution in [0.15, 0.2) is 0 Å². The third kappa shape index (κ3) is 0.823. The van der Waals surface area contributed by atoms with Gasteiger partial charge in [-0.1, -0.05) is 13.8 Å². The largest absolute Gasteiger partial charge is 0.481 e. The van der Waals surface area contributed by atoms with E-state index in [9.17, 15) is 13.6 Å². The van der Waals surface area contributed by atoms with Gasteiger partial charge < -0.3 is 5.11 Å². The average Bonchev–Trinajstić information content (AvgIpc) is 1.77. The second-order valence-electron chi connectivity index (χ2n) is 5.17. The highest BCUT2D eigenvalue weighted by Crippen LogP contribution is 2.79. The van der Waals surface area contributed by atoms with Crippen molar-refractivity contribution in [2.75, 3.05) is 0 Å². The molecule has 2 bridgehead atoms. The van der Waals surface area contributed by atoms with Gasteiger partial charge in [-0.2, -0.15) is 0 Å². The topological polar surface area (TPSA) is 37.3 Å². The van der Waals surface area contributed by atoms with E-state index in [1.807, 2.05) is 0 Å². The molecule has 0 aromatic carbocycles. The fourth-order valence-corrected chi connectivity index (χ4v) is 2.98. The summed E-state index contributed by atoms with van der Waals surface area (Å²) in [5.41, 5.74) is -1.78. The number of aliphatic carboxylic acids is 1. The number of hydrogen-bond acceptors (Lipinski definition) is 1. The standard InChI is InChI=1S/C10H14F2O2/c1-6(2)10(11,12)9-3-8(4-9,5-9)7(13)14/h6H,3-5H2,1-2H3,(H,13,14). The van der Waals surface area contributed by atoms with E-state index < -0.39 is 28.6 Å². The molecule has 14 heavy (non-hydrogen) atoms. The molecule has 0 unspecified atom stereocenters. The highest BCUT2D eigenvalue weighted by atomic mass is 19.3. The van der Waals surface area contributed by atoms with Gasteiger partial charge in [-0.05, 0) is 19.3 Å². The van der Waals surface area contributed by atoms with Gasteiger partial charge in [0, 0.05) is 11.3 Å².